The number of piperidine rings is 1. The van der Waals surface area contributed by atoms with Gasteiger partial charge in [0.1, 0.15) is 11.6 Å². The van der Waals surface area contributed by atoms with E-state index in [4.69, 9.17) is 0 Å². The standard InChI is InChI=1S/C15H17F2NO2/c16-12-2-1-3-13(17)15(12)14(20)8-18-9-4-5-10(18)7-11(19)6-9/h1-3,9-11,19H,4-8H2. The van der Waals surface area contributed by atoms with Crippen LogP contribution in [0.15, 0.2) is 18.2 Å². The van der Waals surface area contributed by atoms with Gasteiger partial charge in [0, 0.05) is 12.1 Å². The maximum Gasteiger partial charge on any atom is 0.182 e. The molecule has 2 aliphatic rings. The molecule has 1 aromatic rings. The number of carbonyl (C=O) groups is 1. The third-order valence-electron chi connectivity index (χ3n) is 4.43. The number of ketones is 1. The smallest absolute Gasteiger partial charge is 0.182 e. The van der Waals surface area contributed by atoms with Crippen LogP contribution in [0.1, 0.15) is 36.0 Å². The van der Waals surface area contributed by atoms with Crippen LogP contribution >= 0.6 is 0 Å². The van der Waals surface area contributed by atoms with Crippen molar-refractivity contribution >= 4 is 5.78 Å². The SMILES string of the molecule is O=C(CN1C2CCC1CC(O)C2)c1c(F)cccc1F. The van der Waals surface area contributed by atoms with Gasteiger partial charge in [0.2, 0.25) is 0 Å². The predicted molar refractivity (Wildman–Crippen MR) is 69.4 cm³/mol. The van der Waals surface area contributed by atoms with Crippen molar-refractivity contribution in [1.82, 2.24) is 4.90 Å². The summed E-state index contributed by atoms with van der Waals surface area (Å²) in [5.74, 6) is -2.13. The summed E-state index contributed by atoms with van der Waals surface area (Å²) in [5, 5.41) is 9.72. The Labute approximate surface area is 116 Å². The summed E-state index contributed by atoms with van der Waals surface area (Å²) in [4.78, 5) is 14.2. The van der Waals surface area contributed by atoms with E-state index in [-0.39, 0.29) is 24.7 Å². The fraction of sp³-hybridized carbons (Fsp3) is 0.533. The number of aliphatic hydroxyl groups excluding tert-OH is 1. The third-order valence-corrected chi connectivity index (χ3v) is 4.43. The van der Waals surface area contributed by atoms with Crippen LogP contribution in [0.3, 0.4) is 0 Å². The zero-order valence-corrected chi connectivity index (χ0v) is 11.1. The Hall–Kier alpha value is -1.33. The lowest BCUT2D eigenvalue weighted by Crippen LogP contribution is -2.47. The first-order chi connectivity index (χ1) is 9.56. The molecule has 20 heavy (non-hydrogen) atoms. The molecule has 1 aromatic carbocycles. The Balaban J connectivity index is 1.77. The van der Waals surface area contributed by atoms with E-state index in [0.29, 0.717) is 12.8 Å². The Kier molecular flexibility index (Phi) is 3.56. The predicted octanol–water partition coefficient (Wildman–Crippen LogP) is 2.14. The van der Waals surface area contributed by atoms with Crippen LogP contribution in [0.5, 0.6) is 0 Å². The molecule has 3 nitrogen and oxygen atoms in total. The molecule has 3 rings (SSSR count). The lowest BCUT2D eigenvalue weighted by Gasteiger charge is -2.36. The average Bonchev–Trinajstić information content (AvgIpc) is 2.62. The number of carbonyl (C=O) groups excluding carboxylic acids is 1. The van der Waals surface area contributed by atoms with Crippen LogP contribution in [0.4, 0.5) is 8.78 Å². The summed E-state index contributed by atoms with van der Waals surface area (Å²) in [6.07, 6.45) is 2.85. The maximum absolute atomic E-state index is 13.6. The Morgan fingerprint density at radius 3 is 2.30 bits per heavy atom. The normalized spacial score (nSPS) is 29.6. The van der Waals surface area contributed by atoms with E-state index in [0.717, 1.165) is 25.0 Å². The third kappa shape index (κ3) is 2.36. The highest BCUT2D eigenvalue weighted by molar-refractivity contribution is 5.98. The summed E-state index contributed by atoms with van der Waals surface area (Å²) < 4.78 is 27.2. The highest BCUT2D eigenvalue weighted by Gasteiger charge is 2.41. The van der Waals surface area contributed by atoms with E-state index in [1.165, 1.54) is 6.07 Å². The number of benzene rings is 1. The molecule has 2 atom stereocenters. The van der Waals surface area contributed by atoms with Gasteiger partial charge < -0.3 is 5.11 Å². The molecule has 2 aliphatic heterocycles. The van der Waals surface area contributed by atoms with Gasteiger partial charge in [-0.1, -0.05) is 6.07 Å². The van der Waals surface area contributed by atoms with Gasteiger partial charge >= 0.3 is 0 Å². The van der Waals surface area contributed by atoms with Crippen molar-refractivity contribution in [3.8, 4) is 0 Å². The number of nitrogens with zero attached hydrogens (tertiary/aromatic N) is 1. The first-order valence-corrected chi connectivity index (χ1v) is 6.97. The number of hydrogen-bond donors (Lipinski definition) is 1. The second-order valence-corrected chi connectivity index (χ2v) is 5.70. The summed E-state index contributed by atoms with van der Waals surface area (Å²) in [6, 6.07) is 3.77. The minimum atomic E-state index is -0.806. The molecule has 5 heteroatoms. The number of Topliss-reactive ketones (excluding diaryl/α,β-unsaturated/α-hetero) is 1. The fourth-order valence-electron chi connectivity index (χ4n) is 3.51. The van der Waals surface area contributed by atoms with Crippen molar-refractivity contribution in [1.29, 1.82) is 0 Å². The van der Waals surface area contributed by atoms with Gasteiger partial charge in [0.05, 0.1) is 18.2 Å². The van der Waals surface area contributed by atoms with Crippen molar-refractivity contribution in [3.63, 3.8) is 0 Å². The largest absolute Gasteiger partial charge is 0.393 e. The van der Waals surface area contributed by atoms with Crippen molar-refractivity contribution in [2.45, 2.75) is 43.9 Å². The molecule has 0 spiro atoms. The van der Waals surface area contributed by atoms with Crippen LogP contribution in [0.2, 0.25) is 0 Å². The fourth-order valence-corrected chi connectivity index (χ4v) is 3.51. The van der Waals surface area contributed by atoms with Crippen molar-refractivity contribution in [2.24, 2.45) is 0 Å². The zero-order valence-electron chi connectivity index (χ0n) is 11.1. The topological polar surface area (TPSA) is 40.5 Å². The Morgan fingerprint density at radius 2 is 1.75 bits per heavy atom. The van der Waals surface area contributed by atoms with E-state index >= 15 is 0 Å². The van der Waals surface area contributed by atoms with Gasteiger partial charge in [-0.2, -0.15) is 0 Å². The molecule has 2 saturated heterocycles. The first kappa shape index (κ1) is 13.6. The molecule has 0 aliphatic carbocycles. The first-order valence-electron chi connectivity index (χ1n) is 6.97. The highest BCUT2D eigenvalue weighted by Crippen LogP contribution is 2.35. The van der Waals surface area contributed by atoms with E-state index in [9.17, 15) is 18.7 Å². The molecular weight excluding hydrogens is 264 g/mol. The zero-order chi connectivity index (χ0) is 14.3. The summed E-state index contributed by atoms with van der Waals surface area (Å²) in [5.41, 5.74) is -0.446. The molecule has 2 heterocycles. The molecule has 1 N–H and O–H groups in total. The molecular formula is C15H17F2NO2. The van der Waals surface area contributed by atoms with E-state index in [1.807, 2.05) is 4.90 Å². The highest BCUT2D eigenvalue weighted by atomic mass is 19.1. The van der Waals surface area contributed by atoms with Crippen molar-refractivity contribution < 1.29 is 18.7 Å². The molecule has 2 bridgehead atoms. The van der Waals surface area contributed by atoms with Gasteiger partial charge in [-0.05, 0) is 37.8 Å². The van der Waals surface area contributed by atoms with Crippen LogP contribution in [-0.4, -0.2) is 40.5 Å². The van der Waals surface area contributed by atoms with Crippen LogP contribution < -0.4 is 0 Å². The van der Waals surface area contributed by atoms with Crippen molar-refractivity contribution in [2.75, 3.05) is 6.54 Å². The second-order valence-electron chi connectivity index (χ2n) is 5.70. The number of rotatable bonds is 3. The van der Waals surface area contributed by atoms with Gasteiger partial charge in [-0.3, -0.25) is 9.69 Å². The molecule has 0 aromatic heterocycles. The van der Waals surface area contributed by atoms with Gasteiger partial charge in [-0.25, -0.2) is 8.78 Å². The average molecular weight is 281 g/mol. The summed E-state index contributed by atoms with van der Waals surface area (Å²) in [6.45, 7) is 0.0277. The van der Waals surface area contributed by atoms with Crippen LogP contribution in [0.25, 0.3) is 0 Å². The van der Waals surface area contributed by atoms with Gasteiger partial charge in [-0.15, -0.1) is 0 Å². The van der Waals surface area contributed by atoms with E-state index < -0.39 is 23.0 Å². The molecule has 2 fully saturated rings. The molecule has 0 radical (unpaired) electrons. The maximum atomic E-state index is 13.6. The van der Waals surface area contributed by atoms with Gasteiger partial charge in [0.15, 0.2) is 5.78 Å². The van der Waals surface area contributed by atoms with Crippen LogP contribution in [-0.2, 0) is 0 Å². The van der Waals surface area contributed by atoms with Crippen molar-refractivity contribution in [3.05, 3.63) is 35.4 Å². The lowest BCUT2D eigenvalue weighted by atomic mass is 9.98. The Bertz CT molecular complexity index is 500. The Morgan fingerprint density at radius 1 is 1.20 bits per heavy atom. The number of halogens is 2. The molecule has 0 amide bonds. The van der Waals surface area contributed by atoms with E-state index in [2.05, 4.69) is 0 Å². The summed E-state index contributed by atoms with van der Waals surface area (Å²) >= 11 is 0. The quantitative estimate of drug-likeness (QED) is 0.863. The number of fused-ring (bicyclic) bond motifs is 2. The van der Waals surface area contributed by atoms with E-state index in [1.54, 1.807) is 0 Å². The molecule has 0 saturated carbocycles. The minimum absolute atomic E-state index is 0.0277. The van der Waals surface area contributed by atoms with Gasteiger partial charge in [0.25, 0.3) is 0 Å². The number of hydrogen-bond acceptors (Lipinski definition) is 3. The number of aliphatic hydroxyl groups is 1. The minimum Gasteiger partial charge on any atom is -0.393 e. The summed E-state index contributed by atoms with van der Waals surface area (Å²) in [7, 11) is 0. The lowest BCUT2D eigenvalue weighted by molar-refractivity contribution is 0.0342. The molecule has 2 unspecified atom stereocenters. The monoisotopic (exact) mass is 281 g/mol. The van der Waals surface area contributed by atoms with Crippen LogP contribution in [0, 0.1) is 11.6 Å². The molecule has 108 valence electrons. The second kappa shape index (κ2) is 5.22.